The Morgan fingerprint density at radius 2 is 1.78 bits per heavy atom. The molecular weight excluding hydrogens is 315 g/mol. The van der Waals surface area contributed by atoms with Gasteiger partial charge >= 0.3 is 6.03 Å². The molecule has 2 amide bonds. The lowest BCUT2D eigenvalue weighted by molar-refractivity contribution is 0.262. The number of nitrogens with zero attached hydrogens (tertiary/aromatic N) is 2. The molecule has 7 heteroatoms. The molecule has 0 aliphatic heterocycles. The van der Waals surface area contributed by atoms with Crippen LogP contribution in [0.2, 0.25) is 0 Å². The molecule has 0 aliphatic carbocycles. The van der Waals surface area contributed by atoms with E-state index >= 15 is 0 Å². The van der Waals surface area contributed by atoms with Crippen molar-refractivity contribution in [2.45, 2.75) is 6.92 Å². The third-order valence-electron chi connectivity index (χ3n) is 3.13. The second-order valence-corrected chi connectivity index (χ2v) is 5.79. The first-order chi connectivity index (χ1) is 11.1. The monoisotopic (exact) mass is 328 g/mol. The van der Waals surface area contributed by atoms with E-state index in [0.717, 1.165) is 16.8 Å². The van der Waals surface area contributed by atoms with Gasteiger partial charge in [-0.15, -0.1) is 10.2 Å². The highest BCUT2D eigenvalue weighted by Crippen LogP contribution is 2.26. The van der Waals surface area contributed by atoms with E-state index < -0.39 is 0 Å². The number of amides is 2. The highest BCUT2D eigenvalue weighted by molar-refractivity contribution is 7.18. The molecule has 0 saturated heterocycles. The zero-order valence-corrected chi connectivity index (χ0v) is 13.0. The standard InChI is InChI=1S/C16H13FN4OS/c1-10-4-2-3-5-13(10)18-15(22)19-16-21-20-14(23-16)11-6-8-12(17)9-7-11/h2-9H,1H3,(H2,18,19,21,22). The van der Waals surface area contributed by atoms with E-state index in [-0.39, 0.29) is 11.8 Å². The van der Waals surface area contributed by atoms with Gasteiger partial charge in [0.15, 0.2) is 0 Å². The average Bonchev–Trinajstić information content (AvgIpc) is 2.98. The van der Waals surface area contributed by atoms with Gasteiger partial charge in [-0.25, -0.2) is 9.18 Å². The SMILES string of the molecule is Cc1ccccc1NC(=O)Nc1nnc(-c2ccc(F)cc2)s1. The fraction of sp³-hybridized carbons (Fsp3) is 0.0625. The fourth-order valence-corrected chi connectivity index (χ4v) is 2.69. The number of para-hydroxylation sites is 1. The van der Waals surface area contributed by atoms with Crippen LogP contribution in [0.25, 0.3) is 10.6 Å². The predicted molar refractivity (Wildman–Crippen MR) is 89.1 cm³/mol. The van der Waals surface area contributed by atoms with Crippen LogP contribution in [0.5, 0.6) is 0 Å². The van der Waals surface area contributed by atoms with Gasteiger partial charge in [-0.05, 0) is 42.8 Å². The predicted octanol–water partition coefficient (Wildman–Crippen LogP) is 4.30. The lowest BCUT2D eigenvalue weighted by Gasteiger charge is -2.07. The molecule has 0 aliphatic rings. The first-order valence-corrected chi connectivity index (χ1v) is 7.66. The van der Waals surface area contributed by atoms with Gasteiger partial charge in [0, 0.05) is 11.3 Å². The van der Waals surface area contributed by atoms with E-state index in [0.29, 0.717) is 10.1 Å². The molecular formula is C16H13FN4OS. The second kappa shape index (κ2) is 6.53. The van der Waals surface area contributed by atoms with Gasteiger partial charge in [-0.2, -0.15) is 0 Å². The first-order valence-electron chi connectivity index (χ1n) is 6.85. The van der Waals surface area contributed by atoms with Gasteiger partial charge in [0.25, 0.3) is 0 Å². The number of benzene rings is 2. The summed E-state index contributed by atoms with van der Waals surface area (Å²) in [7, 11) is 0. The number of aromatic nitrogens is 2. The Kier molecular flexibility index (Phi) is 4.29. The molecule has 3 aromatic rings. The molecule has 116 valence electrons. The zero-order chi connectivity index (χ0) is 16.2. The number of urea groups is 1. The van der Waals surface area contributed by atoms with E-state index in [2.05, 4.69) is 20.8 Å². The van der Waals surface area contributed by atoms with Crippen molar-refractivity contribution >= 4 is 28.2 Å². The van der Waals surface area contributed by atoms with Crippen LogP contribution in [0.1, 0.15) is 5.56 Å². The highest BCUT2D eigenvalue weighted by atomic mass is 32.1. The molecule has 3 rings (SSSR count). The van der Waals surface area contributed by atoms with Crippen molar-refractivity contribution < 1.29 is 9.18 Å². The van der Waals surface area contributed by atoms with E-state index in [1.165, 1.54) is 23.5 Å². The molecule has 0 fully saturated rings. The minimum absolute atomic E-state index is 0.311. The molecule has 0 bridgehead atoms. The van der Waals surface area contributed by atoms with Gasteiger partial charge in [0.1, 0.15) is 10.8 Å². The number of carbonyl (C=O) groups excluding carboxylic acids is 1. The number of hydrogen-bond donors (Lipinski definition) is 2. The van der Waals surface area contributed by atoms with Crippen LogP contribution in [0.15, 0.2) is 48.5 Å². The van der Waals surface area contributed by atoms with Gasteiger partial charge in [-0.1, -0.05) is 29.5 Å². The van der Waals surface area contributed by atoms with Crippen LogP contribution in [0, 0.1) is 12.7 Å². The summed E-state index contributed by atoms with van der Waals surface area (Å²) in [5.41, 5.74) is 2.44. The largest absolute Gasteiger partial charge is 0.325 e. The summed E-state index contributed by atoms with van der Waals surface area (Å²) in [5.74, 6) is -0.311. The fourth-order valence-electron chi connectivity index (χ4n) is 1.95. The summed E-state index contributed by atoms with van der Waals surface area (Å²) in [6.07, 6.45) is 0. The summed E-state index contributed by atoms with van der Waals surface area (Å²) < 4.78 is 12.9. The zero-order valence-electron chi connectivity index (χ0n) is 12.2. The minimum Gasteiger partial charge on any atom is -0.307 e. The maximum Gasteiger partial charge on any atom is 0.325 e. The molecule has 23 heavy (non-hydrogen) atoms. The van der Waals surface area contributed by atoms with Crippen LogP contribution in [0.4, 0.5) is 20.0 Å². The summed E-state index contributed by atoms with van der Waals surface area (Å²) in [6.45, 7) is 1.91. The maximum absolute atomic E-state index is 12.9. The average molecular weight is 328 g/mol. The minimum atomic E-state index is -0.388. The number of hydrogen-bond acceptors (Lipinski definition) is 4. The summed E-state index contributed by atoms with van der Waals surface area (Å²) >= 11 is 1.22. The van der Waals surface area contributed by atoms with Crippen LogP contribution >= 0.6 is 11.3 Å². The van der Waals surface area contributed by atoms with Crippen molar-refractivity contribution in [3.05, 3.63) is 59.9 Å². The Bertz CT molecular complexity index is 832. The van der Waals surface area contributed by atoms with E-state index in [4.69, 9.17) is 0 Å². The van der Waals surface area contributed by atoms with E-state index in [9.17, 15) is 9.18 Å². The summed E-state index contributed by atoms with van der Waals surface area (Å²) in [5, 5.41) is 14.3. The van der Waals surface area contributed by atoms with Crippen LogP contribution in [-0.2, 0) is 0 Å². The van der Waals surface area contributed by atoms with E-state index in [1.807, 2.05) is 31.2 Å². The van der Waals surface area contributed by atoms with Crippen LogP contribution in [-0.4, -0.2) is 16.2 Å². The molecule has 1 aromatic heterocycles. The number of halogens is 1. The molecule has 2 aromatic carbocycles. The smallest absolute Gasteiger partial charge is 0.307 e. The normalized spacial score (nSPS) is 10.3. The van der Waals surface area contributed by atoms with Gasteiger partial charge in [0.05, 0.1) is 0 Å². The van der Waals surface area contributed by atoms with Crippen molar-refractivity contribution in [3.63, 3.8) is 0 Å². The lowest BCUT2D eigenvalue weighted by Crippen LogP contribution is -2.19. The van der Waals surface area contributed by atoms with Crippen LogP contribution in [0.3, 0.4) is 0 Å². The Labute approximate surface area is 136 Å². The molecule has 0 saturated carbocycles. The summed E-state index contributed by atoms with van der Waals surface area (Å²) in [4.78, 5) is 12.0. The molecule has 0 spiro atoms. The Balaban J connectivity index is 1.68. The molecule has 2 N–H and O–H groups in total. The third-order valence-corrected chi connectivity index (χ3v) is 4.02. The number of carbonyl (C=O) groups is 1. The maximum atomic E-state index is 12.9. The van der Waals surface area contributed by atoms with Crippen molar-refractivity contribution in [2.24, 2.45) is 0 Å². The number of nitrogens with one attached hydrogen (secondary N) is 2. The molecule has 1 heterocycles. The quantitative estimate of drug-likeness (QED) is 0.753. The molecule has 0 unspecified atom stereocenters. The molecule has 0 atom stereocenters. The number of aryl methyl sites for hydroxylation is 1. The Morgan fingerprint density at radius 1 is 1.04 bits per heavy atom. The van der Waals surface area contributed by atoms with Crippen molar-refractivity contribution in [3.8, 4) is 10.6 Å². The second-order valence-electron chi connectivity index (χ2n) is 4.81. The topological polar surface area (TPSA) is 66.9 Å². The van der Waals surface area contributed by atoms with Crippen molar-refractivity contribution in [2.75, 3.05) is 10.6 Å². The summed E-state index contributed by atoms with van der Waals surface area (Å²) in [6, 6.07) is 13.0. The van der Waals surface area contributed by atoms with Crippen LogP contribution < -0.4 is 10.6 Å². The number of rotatable bonds is 3. The van der Waals surface area contributed by atoms with Gasteiger partial charge in [-0.3, -0.25) is 5.32 Å². The lowest BCUT2D eigenvalue weighted by atomic mass is 10.2. The third kappa shape index (κ3) is 3.70. The molecule has 5 nitrogen and oxygen atoms in total. The van der Waals surface area contributed by atoms with E-state index in [1.54, 1.807) is 12.1 Å². The van der Waals surface area contributed by atoms with Crippen molar-refractivity contribution in [1.82, 2.24) is 10.2 Å². The van der Waals surface area contributed by atoms with Gasteiger partial charge < -0.3 is 5.32 Å². The number of anilines is 2. The first kappa shape index (κ1) is 15.1. The van der Waals surface area contributed by atoms with Crippen molar-refractivity contribution in [1.29, 1.82) is 0 Å². The highest BCUT2D eigenvalue weighted by Gasteiger charge is 2.10. The van der Waals surface area contributed by atoms with Gasteiger partial charge in [0.2, 0.25) is 5.13 Å². The Hall–Kier alpha value is -2.80. The molecule has 0 radical (unpaired) electrons. The Morgan fingerprint density at radius 3 is 2.52 bits per heavy atom.